The number of nitrogens with zero attached hydrogens (tertiary/aromatic N) is 2. The highest BCUT2D eigenvalue weighted by Gasteiger charge is 2.33. The van der Waals surface area contributed by atoms with Crippen molar-refractivity contribution >= 4 is 11.0 Å². The van der Waals surface area contributed by atoms with Crippen LogP contribution in [0.2, 0.25) is 0 Å². The number of phenols is 1. The van der Waals surface area contributed by atoms with Crippen molar-refractivity contribution in [3.63, 3.8) is 0 Å². The zero-order chi connectivity index (χ0) is 21.5. The lowest BCUT2D eigenvalue weighted by Crippen LogP contribution is -2.50. The molecule has 3 heterocycles. The maximum Gasteiger partial charge on any atom is 0.339 e. The zero-order valence-electron chi connectivity index (χ0n) is 19.1. The number of hydrogen-bond acceptors (Lipinski definition) is 5. The second kappa shape index (κ2) is 8.59. The van der Waals surface area contributed by atoms with Gasteiger partial charge in [-0.25, -0.2) is 4.79 Å². The third-order valence-corrected chi connectivity index (χ3v) is 8.01. The summed E-state index contributed by atoms with van der Waals surface area (Å²) in [7, 11) is 2.18. The monoisotopic (exact) mass is 424 g/mol. The number of piperidine rings is 2. The standard InChI is InChI=1S/C26H36N2O3/c1-17-24(29)19(14-22-20-9-3-4-10-21(20)26(30)31-25(17)22)16-27(2)15-18-8-7-13-28-12-6-5-11-23(18)28/h14,18,23,29H,3-13,15-16H2,1-2H3. The van der Waals surface area contributed by atoms with Gasteiger partial charge < -0.3 is 19.3 Å². The topological polar surface area (TPSA) is 56.9 Å². The second-order valence-corrected chi connectivity index (χ2v) is 10.1. The Kier molecular flexibility index (Phi) is 5.82. The third-order valence-electron chi connectivity index (χ3n) is 8.01. The van der Waals surface area contributed by atoms with E-state index in [-0.39, 0.29) is 11.4 Å². The molecule has 5 rings (SSSR count). The maximum absolute atomic E-state index is 12.5. The van der Waals surface area contributed by atoms with Crippen LogP contribution in [0.5, 0.6) is 5.75 Å². The van der Waals surface area contributed by atoms with Crippen LogP contribution in [0.15, 0.2) is 15.3 Å². The molecule has 31 heavy (non-hydrogen) atoms. The Balaban J connectivity index is 1.41. The van der Waals surface area contributed by atoms with Gasteiger partial charge in [-0.1, -0.05) is 6.42 Å². The van der Waals surface area contributed by atoms with Gasteiger partial charge >= 0.3 is 5.63 Å². The number of benzene rings is 1. The lowest BCUT2D eigenvalue weighted by Gasteiger charge is -2.45. The lowest BCUT2D eigenvalue weighted by molar-refractivity contribution is 0.0434. The van der Waals surface area contributed by atoms with E-state index in [1.165, 1.54) is 45.2 Å². The van der Waals surface area contributed by atoms with Gasteiger partial charge in [0.1, 0.15) is 11.3 Å². The third kappa shape index (κ3) is 3.91. The molecule has 0 bridgehead atoms. The quantitative estimate of drug-likeness (QED) is 0.738. The van der Waals surface area contributed by atoms with Crippen LogP contribution in [0, 0.1) is 12.8 Å². The number of rotatable bonds is 4. The van der Waals surface area contributed by atoms with Crippen molar-refractivity contribution in [1.29, 1.82) is 0 Å². The van der Waals surface area contributed by atoms with Gasteiger partial charge in [0.05, 0.1) is 0 Å². The van der Waals surface area contributed by atoms with Crippen molar-refractivity contribution < 1.29 is 9.52 Å². The molecule has 3 aliphatic rings. The van der Waals surface area contributed by atoms with Gasteiger partial charge in [0.15, 0.2) is 0 Å². The van der Waals surface area contributed by atoms with E-state index in [2.05, 4.69) is 22.9 Å². The van der Waals surface area contributed by atoms with Crippen LogP contribution in [0.3, 0.4) is 0 Å². The first-order chi connectivity index (χ1) is 15.0. The van der Waals surface area contributed by atoms with E-state index in [1.807, 2.05) is 6.92 Å². The molecule has 0 amide bonds. The van der Waals surface area contributed by atoms with E-state index in [0.717, 1.165) is 66.9 Å². The Morgan fingerprint density at radius 2 is 1.87 bits per heavy atom. The van der Waals surface area contributed by atoms with Gasteiger partial charge in [-0.3, -0.25) is 0 Å². The van der Waals surface area contributed by atoms with Crippen molar-refractivity contribution in [3.05, 3.63) is 38.7 Å². The van der Waals surface area contributed by atoms with Crippen molar-refractivity contribution in [2.45, 2.75) is 77.3 Å². The Morgan fingerprint density at radius 1 is 1.10 bits per heavy atom. The van der Waals surface area contributed by atoms with Crippen LogP contribution in [0.4, 0.5) is 0 Å². The van der Waals surface area contributed by atoms with Crippen LogP contribution >= 0.6 is 0 Å². The molecule has 2 aliphatic heterocycles. The molecule has 1 aliphatic carbocycles. The maximum atomic E-state index is 12.5. The van der Waals surface area contributed by atoms with E-state index < -0.39 is 0 Å². The zero-order valence-corrected chi connectivity index (χ0v) is 19.1. The second-order valence-electron chi connectivity index (χ2n) is 10.1. The van der Waals surface area contributed by atoms with Gasteiger partial charge in [0.2, 0.25) is 0 Å². The predicted molar refractivity (Wildman–Crippen MR) is 124 cm³/mol. The molecule has 1 aromatic heterocycles. The number of hydrogen-bond donors (Lipinski definition) is 1. The summed E-state index contributed by atoms with van der Waals surface area (Å²) in [6.45, 7) is 6.21. The van der Waals surface area contributed by atoms with Crippen LogP contribution < -0.4 is 5.63 Å². The van der Waals surface area contributed by atoms with Crippen molar-refractivity contribution in [2.24, 2.45) is 5.92 Å². The SMILES string of the molecule is Cc1c(O)c(CN(C)CC2CCCN3CCCCC23)cc2c3c(c(=O)oc12)CCCC3. The highest BCUT2D eigenvalue weighted by molar-refractivity contribution is 5.87. The van der Waals surface area contributed by atoms with Crippen molar-refractivity contribution in [3.8, 4) is 5.75 Å². The summed E-state index contributed by atoms with van der Waals surface area (Å²) in [6, 6.07) is 2.83. The average molecular weight is 425 g/mol. The molecule has 5 nitrogen and oxygen atoms in total. The molecule has 0 spiro atoms. The van der Waals surface area contributed by atoms with Crippen LogP contribution in [0.1, 0.15) is 67.2 Å². The molecule has 2 atom stereocenters. The summed E-state index contributed by atoms with van der Waals surface area (Å²) in [5.41, 5.74) is 3.99. The molecule has 0 radical (unpaired) electrons. The molecule has 2 saturated heterocycles. The molecule has 2 unspecified atom stereocenters. The summed E-state index contributed by atoms with van der Waals surface area (Å²) < 4.78 is 5.68. The highest BCUT2D eigenvalue weighted by Crippen LogP contribution is 2.36. The molecule has 168 valence electrons. The van der Waals surface area contributed by atoms with E-state index in [1.54, 1.807) is 0 Å². The lowest BCUT2D eigenvalue weighted by atomic mass is 9.83. The molecular weight excluding hydrogens is 388 g/mol. The predicted octanol–water partition coefficient (Wildman–Crippen LogP) is 4.38. The Labute approximate surface area is 185 Å². The molecule has 0 saturated carbocycles. The first kappa shape index (κ1) is 21.0. The number of phenolic OH excluding ortho intramolecular Hbond substituents is 1. The van der Waals surface area contributed by atoms with Gasteiger partial charge in [0, 0.05) is 41.2 Å². The summed E-state index contributed by atoms with van der Waals surface area (Å²) in [5.74, 6) is 0.995. The smallest absolute Gasteiger partial charge is 0.339 e. The fraction of sp³-hybridized carbons (Fsp3) is 0.654. The normalized spacial score (nSPS) is 24.4. The van der Waals surface area contributed by atoms with E-state index in [0.29, 0.717) is 17.1 Å². The number of aryl methyl sites for hydroxylation is 2. The first-order valence-electron chi connectivity index (χ1n) is 12.3. The number of fused-ring (bicyclic) bond motifs is 4. The Morgan fingerprint density at radius 3 is 2.71 bits per heavy atom. The van der Waals surface area contributed by atoms with Gasteiger partial charge in [0.25, 0.3) is 0 Å². The van der Waals surface area contributed by atoms with Crippen LogP contribution in [-0.2, 0) is 19.4 Å². The van der Waals surface area contributed by atoms with Gasteiger partial charge in [-0.2, -0.15) is 0 Å². The summed E-state index contributed by atoms with van der Waals surface area (Å²) >= 11 is 0. The molecule has 5 heteroatoms. The molecule has 1 N–H and O–H groups in total. The summed E-state index contributed by atoms with van der Waals surface area (Å²) in [5, 5.41) is 12.0. The summed E-state index contributed by atoms with van der Waals surface area (Å²) in [6.07, 6.45) is 10.6. The fourth-order valence-electron chi connectivity index (χ4n) is 6.46. The minimum absolute atomic E-state index is 0.219. The molecule has 1 aromatic carbocycles. The van der Waals surface area contributed by atoms with Crippen molar-refractivity contribution in [1.82, 2.24) is 9.80 Å². The Hall–Kier alpha value is -1.85. The first-order valence-corrected chi connectivity index (χ1v) is 12.3. The van der Waals surface area contributed by atoms with Gasteiger partial charge in [-0.05, 0) is 96.0 Å². The fourth-order valence-corrected chi connectivity index (χ4v) is 6.46. The largest absolute Gasteiger partial charge is 0.507 e. The van der Waals surface area contributed by atoms with Crippen LogP contribution in [-0.4, -0.2) is 47.6 Å². The van der Waals surface area contributed by atoms with Crippen LogP contribution in [0.25, 0.3) is 11.0 Å². The number of aromatic hydroxyl groups is 1. The molecule has 2 fully saturated rings. The minimum Gasteiger partial charge on any atom is -0.507 e. The average Bonchev–Trinajstić information content (AvgIpc) is 2.78. The van der Waals surface area contributed by atoms with E-state index >= 15 is 0 Å². The minimum atomic E-state index is -0.219. The molecular formula is C26H36N2O3. The molecule has 2 aromatic rings. The van der Waals surface area contributed by atoms with Gasteiger partial charge in [-0.15, -0.1) is 0 Å². The summed E-state index contributed by atoms with van der Waals surface area (Å²) in [4.78, 5) is 17.6. The highest BCUT2D eigenvalue weighted by atomic mass is 16.4. The van der Waals surface area contributed by atoms with E-state index in [4.69, 9.17) is 4.42 Å². The van der Waals surface area contributed by atoms with E-state index in [9.17, 15) is 9.90 Å². The van der Waals surface area contributed by atoms with Crippen molar-refractivity contribution in [2.75, 3.05) is 26.7 Å². The Bertz CT molecular complexity index is 1030.